The third kappa shape index (κ3) is 4.98. The van der Waals surface area contributed by atoms with E-state index < -0.39 is 5.41 Å². The molecule has 264 valence electrons. The third-order valence-corrected chi connectivity index (χ3v) is 11.7. The molecule has 0 N–H and O–H groups in total. The second-order valence-corrected chi connectivity index (χ2v) is 14.7. The van der Waals surface area contributed by atoms with Crippen molar-refractivity contribution in [2.75, 3.05) is 0 Å². The first-order valence-electron chi connectivity index (χ1n) is 19.4. The van der Waals surface area contributed by atoms with Crippen LogP contribution in [-0.4, -0.2) is 9.97 Å². The van der Waals surface area contributed by atoms with Gasteiger partial charge >= 0.3 is 0 Å². The Morgan fingerprint density at radius 2 is 1.02 bits per heavy atom. The number of hydrogen-bond donors (Lipinski definition) is 0. The Kier molecular flexibility index (Phi) is 7.53. The van der Waals surface area contributed by atoms with Crippen LogP contribution in [0.4, 0.5) is 0 Å². The van der Waals surface area contributed by atoms with Gasteiger partial charge in [0, 0.05) is 27.8 Å². The van der Waals surface area contributed by atoms with Gasteiger partial charge in [0.2, 0.25) is 0 Å². The number of rotatable bonds is 5. The van der Waals surface area contributed by atoms with Crippen molar-refractivity contribution in [2.24, 2.45) is 0 Å². The maximum atomic E-state index is 6.91. The number of ether oxygens (including phenoxy) is 1. The Hall–Kier alpha value is -7.10. The molecule has 0 saturated heterocycles. The second-order valence-electron chi connectivity index (χ2n) is 14.7. The number of allylic oxidation sites excluding steroid dienone is 4. The van der Waals surface area contributed by atoms with E-state index in [2.05, 4.69) is 170 Å². The molecule has 1 spiro atoms. The van der Waals surface area contributed by atoms with Crippen LogP contribution in [0.3, 0.4) is 0 Å². The Balaban J connectivity index is 1.08. The highest BCUT2D eigenvalue weighted by Gasteiger charge is 2.51. The van der Waals surface area contributed by atoms with E-state index in [9.17, 15) is 0 Å². The maximum Gasteiger partial charge on any atom is 0.160 e. The Labute approximate surface area is 327 Å². The molecular formula is C53H36N2O. The van der Waals surface area contributed by atoms with Crippen LogP contribution in [0.15, 0.2) is 200 Å². The first-order chi connectivity index (χ1) is 27.8. The molecule has 3 nitrogen and oxygen atoms in total. The van der Waals surface area contributed by atoms with Crippen LogP contribution in [0.2, 0.25) is 0 Å². The molecular weight excluding hydrogens is 681 g/mol. The van der Waals surface area contributed by atoms with Gasteiger partial charge in [-0.05, 0) is 75.6 Å². The number of aromatic nitrogens is 2. The van der Waals surface area contributed by atoms with E-state index in [1.807, 2.05) is 24.3 Å². The lowest BCUT2D eigenvalue weighted by Crippen LogP contribution is -2.33. The lowest BCUT2D eigenvalue weighted by Gasteiger charge is -2.40. The molecule has 0 radical (unpaired) electrons. The average molecular weight is 717 g/mol. The van der Waals surface area contributed by atoms with Crippen molar-refractivity contribution < 1.29 is 4.74 Å². The minimum atomic E-state index is -0.447. The number of benzene rings is 7. The van der Waals surface area contributed by atoms with Gasteiger partial charge in [0.05, 0.1) is 16.8 Å². The van der Waals surface area contributed by atoms with Crippen molar-refractivity contribution in [1.82, 2.24) is 9.97 Å². The molecule has 1 unspecified atom stereocenters. The van der Waals surface area contributed by atoms with E-state index in [1.165, 1.54) is 33.4 Å². The van der Waals surface area contributed by atoms with Crippen LogP contribution in [0.5, 0.6) is 11.5 Å². The van der Waals surface area contributed by atoms with Crippen LogP contribution in [0, 0.1) is 0 Å². The molecule has 56 heavy (non-hydrogen) atoms. The zero-order chi connectivity index (χ0) is 37.1. The average Bonchev–Trinajstić information content (AvgIpc) is 3.57. The summed E-state index contributed by atoms with van der Waals surface area (Å²) in [4.78, 5) is 10.3. The molecule has 8 aromatic rings. The van der Waals surface area contributed by atoms with Gasteiger partial charge in [0.25, 0.3) is 0 Å². The minimum Gasteiger partial charge on any atom is -0.457 e. The summed E-state index contributed by atoms with van der Waals surface area (Å²) in [6, 6.07) is 64.5. The van der Waals surface area contributed by atoms with Gasteiger partial charge in [-0.15, -0.1) is 0 Å². The van der Waals surface area contributed by atoms with Crippen LogP contribution < -0.4 is 4.74 Å². The van der Waals surface area contributed by atoms with E-state index in [0.717, 1.165) is 74.7 Å². The van der Waals surface area contributed by atoms with E-state index >= 15 is 0 Å². The van der Waals surface area contributed by atoms with Gasteiger partial charge in [0.1, 0.15) is 11.5 Å². The Morgan fingerprint density at radius 1 is 0.429 bits per heavy atom. The SMILES string of the molecule is C1=CC2=C(CC1)c1ccccc1C21c2ccccc2Oc2cc(-c3ccccc3-c3ccccc3-c3cc(-c4ccccc4)nc(-c4ccccc4)n3)ccc21. The molecule has 11 rings (SSSR count). The van der Waals surface area contributed by atoms with Crippen LogP contribution in [-0.2, 0) is 5.41 Å². The second kappa shape index (κ2) is 13.0. The van der Waals surface area contributed by atoms with E-state index in [4.69, 9.17) is 14.7 Å². The predicted molar refractivity (Wildman–Crippen MR) is 227 cm³/mol. The van der Waals surface area contributed by atoms with Gasteiger partial charge in [-0.25, -0.2) is 9.97 Å². The first kappa shape index (κ1) is 32.3. The van der Waals surface area contributed by atoms with Gasteiger partial charge < -0.3 is 4.74 Å². The summed E-state index contributed by atoms with van der Waals surface area (Å²) in [6.07, 6.45) is 6.82. The number of fused-ring (bicyclic) bond motifs is 8. The van der Waals surface area contributed by atoms with Crippen molar-refractivity contribution in [3.63, 3.8) is 0 Å². The van der Waals surface area contributed by atoms with Crippen molar-refractivity contribution in [2.45, 2.75) is 18.3 Å². The zero-order valence-electron chi connectivity index (χ0n) is 30.7. The molecule has 1 aromatic heterocycles. The van der Waals surface area contributed by atoms with E-state index in [-0.39, 0.29) is 0 Å². The largest absolute Gasteiger partial charge is 0.457 e. The molecule has 0 saturated carbocycles. The Bertz CT molecular complexity index is 2830. The molecule has 3 aliphatic rings. The molecule has 0 amide bonds. The number of para-hydroxylation sites is 1. The standard InChI is InChI=1S/C53H36N2O/c1-3-17-35(18-4-1)48-34-49(55-52(54-48)36-19-5-2-6-20-36)43-26-10-9-23-40(43)39-22-8-7-21-38(39)37-31-32-47-51(33-37)56-50-30-16-15-29-46(50)53(47)44-27-13-11-24-41(44)42-25-12-14-28-45(42)53/h1-11,13-24,26-34H,12,25H2. The molecule has 1 aliphatic heterocycles. The first-order valence-corrected chi connectivity index (χ1v) is 19.4. The summed E-state index contributed by atoms with van der Waals surface area (Å²) in [6.45, 7) is 0. The summed E-state index contributed by atoms with van der Waals surface area (Å²) in [5, 5.41) is 0. The summed E-state index contributed by atoms with van der Waals surface area (Å²) >= 11 is 0. The highest BCUT2D eigenvalue weighted by atomic mass is 16.5. The summed E-state index contributed by atoms with van der Waals surface area (Å²) in [7, 11) is 0. The van der Waals surface area contributed by atoms with Gasteiger partial charge in [-0.2, -0.15) is 0 Å². The molecule has 3 heteroatoms. The monoisotopic (exact) mass is 716 g/mol. The number of hydrogen-bond acceptors (Lipinski definition) is 3. The van der Waals surface area contributed by atoms with Crippen LogP contribution in [0.25, 0.3) is 61.7 Å². The van der Waals surface area contributed by atoms with Gasteiger partial charge in [0.15, 0.2) is 5.82 Å². The molecule has 0 fully saturated rings. The van der Waals surface area contributed by atoms with Gasteiger partial charge in [-0.1, -0.05) is 176 Å². The van der Waals surface area contributed by atoms with E-state index in [0.29, 0.717) is 5.82 Å². The summed E-state index contributed by atoms with van der Waals surface area (Å²) in [5.74, 6) is 2.50. The molecule has 2 aliphatic carbocycles. The molecule has 2 heterocycles. The fourth-order valence-electron chi connectivity index (χ4n) is 9.28. The van der Waals surface area contributed by atoms with Gasteiger partial charge in [-0.3, -0.25) is 0 Å². The highest BCUT2D eigenvalue weighted by Crippen LogP contribution is 2.63. The smallest absolute Gasteiger partial charge is 0.160 e. The quantitative estimate of drug-likeness (QED) is 0.178. The Morgan fingerprint density at radius 3 is 1.80 bits per heavy atom. The highest BCUT2D eigenvalue weighted by molar-refractivity contribution is 5.94. The van der Waals surface area contributed by atoms with E-state index in [1.54, 1.807) is 0 Å². The third-order valence-electron chi connectivity index (χ3n) is 11.7. The fraction of sp³-hybridized carbons (Fsp3) is 0.0566. The van der Waals surface area contributed by atoms with Crippen molar-refractivity contribution in [3.05, 3.63) is 222 Å². The zero-order valence-corrected chi connectivity index (χ0v) is 30.7. The summed E-state index contributed by atoms with van der Waals surface area (Å²) < 4.78 is 6.91. The lowest BCUT2D eigenvalue weighted by atomic mass is 9.64. The fourth-order valence-corrected chi connectivity index (χ4v) is 9.28. The molecule has 0 bridgehead atoms. The topological polar surface area (TPSA) is 35.0 Å². The lowest BCUT2D eigenvalue weighted by molar-refractivity contribution is 0.436. The normalized spacial score (nSPS) is 16.1. The maximum absolute atomic E-state index is 6.91. The minimum absolute atomic E-state index is 0.447. The number of nitrogens with zero attached hydrogens (tertiary/aromatic N) is 2. The molecule has 1 atom stereocenters. The molecule has 7 aromatic carbocycles. The van der Waals surface area contributed by atoms with Crippen molar-refractivity contribution >= 4 is 5.57 Å². The predicted octanol–water partition coefficient (Wildman–Crippen LogP) is 13.4. The van der Waals surface area contributed by atoms with Crippen molar-refractivity contribution in [3.8, 4) is 67.7 Å². The van der Waals surface area contributed by atoms with Crippen LogP contribution in [0.1, 0.15) is 35.1 Å². The van der Waals surface area contributed by atoms with Crippen molar-refractivity contribution in [1.29, 1.82) is 0 Å². The summed E-state index contributed by atoms with van der Waals surface area (Å²) in [5.41, 5.74) is 16.8. The van der Waals surface area contributed by atoms with Crippen LogP contribution >= 0.6 is 0 Å².